The van der Waals surface area contributed by atoms with E-state index in [0.29, 0.717) is 6.42 Å². The zero-order valence-corrected chi connectivity index (χ0v) is 13.5. The molecule has 1 unspecified atom stereocenters. The van der Waals surface area contributed by atoms with Crippen LogP contribution in [-0.2, 0) is 19.4 Å². The molecule has 0 fully saturated rings. The SMILES string of the molecule is CCc1nn(CC)c(CC(NN)c2cccnc2C)c1Cl. The summed E-state index contributed by atoms with van der Waals surface area (Å²) in [4.78, 5) is 4.33. The monoisotopic (exact) mass is 307 g/mol. The van der Waals surface area contributed by atoms with Crippen molar-refractivity contribution in [1.82, 2.24) is 20.2 Å². The van der Waals surface area contributed by atoms with Gasteiger partial charge in [0.2, 0.25) is 0 Å². The third-order valence-corrected chi connectivity index (χ3v) is 4.15. The zero-order valence-electron chi connectivity index (χ0n) is 12.7. The first-order chi connectivity index (χ1) is 10.1. The number of halogens is 1. The van der Waals surface area contributed by atoms with E-state index in [0.717, 1.165) is 40.6 Å². The summed E-state index contributed by atoms with van der Waals surface area (Å²) in [5, 5.41) is 5.30. The van der Waals surface area contributed by atoms with Crippen molar-refractivity contribution in [3.63, 3.8) is 0 Å². The smallest absolute Gasteiger partial charge is 0.0850 e. The van der Waals surface area contributed by atoms with Gasteiger partial charge in [-0.15, -0.1) is 0 Å². The molecule has 0 spiro atoms. The first-order valence-electron chi connectivity index (χ1n) is 7.24. The maximum Gasteiger partial charge on any atom is 0.0850 e. The van der Waals surface area contributed by atoms with Crippen molar-refractivity contribution in [2.75, 3.05) is 0 Å². The number of aryl methyl sites for hydroxylation is 3. The van der Waals surface area contributed by atoms with E-state index >= 15 is 0 Å². The Morgan fingerprint density at radius 3 is 2.76 bits per heavy atom. The van der Waals surface area contributed by atoms with Crippen LogP contribution in [0, 0.1) is 6.92 Å². The molecule has 3 N–H and O–H groups in total. The van der Waals surface area contributed by atoms with E-state index in [4.69, 9.17) is 17.4 Å². The van der Waals surface area contributed by atoms with Gasteiger partial charge in [-0.05, 0) is 31.9 Å². The summed E-state index contributed by atoms with van der Waals surface area (Å²) < 4.78 is 1.96. The van der Waals surface area contributed by atoms with Crippen molar-refractivity contribution in [2.45, 2.75) is 46.2 Å². The number of hydrogen-bond acceptors (Lipinski definition) is 4. The van der Waals surface area contributed by atoms with Gasteiger partial charge in [-0.2, -0.15) is 5.10 Å². The van der Waals surface area contributed by atoms with Gasteiger partial charge >= 0.3 is 0 Å². The van der Waals surface area contributed by atoms with E-state index < -0.39 is 0 Å². The summed E-state index contributed by atoms with van der Waals surface area (Å²) in [6.07, 6.45) is 3.29. The molecule has 2 rings (SSSR count). The first kappa shape index (κ1) is 15.9. The van der Waals surface area contributed by atoms with Gasteiger partial charge in [0, 0.05) is 24.9 Å². The number of hydrazine groups is 1. The van der Waals surface area contributed by atoms with Crippen LogP contribution in [0.2, 0.25) is 5.02 Å². The van der Waals surface area contributed by atoms with E-state index in [1.54, 1.807) is 6.20 Å². The van der Waals surface area contributed by atoms with Crippen LogP contribution in [0.25, 0.3) is 0 Å². The second kappa shape index (κ2) is 7.02. The Hall–Kier alpha value is -1.43. The molecule has 2 aromatic rings. The van der Waals surface area contributed by atoms with Gasteiger partial charge in [0.15, 0.2) is 0 Å². The number of rotatable bonds is 6. The van der Waals surface area contributed by atoms with Crippen molar-refractivity contribution >= 4 is 11.6 Å². The summed E-state index contributed by atoms with van der Waals surface area (Å²) in [5.41, 5.74) is 6.88. The Kier molecular flexibility index (Phi) is 5.33. The molecule has 5 nitrogen and oxygen atoms in total. The Bertz CT molecular complexity index is 608. The molecule has 0 radical (unpaired) electrons. The molecular weight excluding hydrogens is 286 g/mol. The summed E-state index contributed by atoms with van der Waals surface area (Å²) in [6.45, 7) is 6.89. The van der Waals surface area contributed by atoms with Crippen molar-refractivity contribution in [3.8, 4) is 0 Å². The summed E-state index contributed by atoms with van der Waals surface area (Å²) in [6, 6.07) is 3.92. The van der Waals surface area contributed by atoms with Crippen molar-refractivity contribution in [2.24, 2.45) is 5.84 Å². The zero-order chi connectivity index (χ0) is 15.4. The fraction of sp³-hybridized carbons (Fsp3) is 0.467. The van der Waals surface area contributed by atoms with E-state index in [-0.39, 0.29) is 6.04 Å². The Morgan fingerprint density at radius 1 is 1.43 bits per heavy atom. The molecule has 0 bridgehead atoms. The number of hydrogen-bond donors (Lipinski definition) is 2. The number of nitrogens with zero attached hydrogens (tertiary/aromatic N) is 3. The molecule has 0 amide bonds. The van der Waals surface area contributed by atoms with Crippen LogP contribution < -0.4 is 11.3 Å². The van der Waals surface area contributed by atoms with Gasteiger partial charge in [-0.1, -0.05) is 24.6 Å². The minimum absolute atomic E-state index is 0.0390. The highest BCUT2D eigenvalue weighted by Gasteiger charge is 2.20. The molecular formula is C15H22ClN5. The highest BCUT2D eigenvalue weighted by molar-refractivity contribution is 6.31. The predicted molar refractivity (Wildman–Crippen MR) is 85.0 cm³/mol. The minimum atomic E-state index is -0.0390. The van der Waals surface area contributed by atoms with Crippen molar-refractivity contribution in [3.05, 3.63) is 46.0 Å². The predicted octanol–water partition coefficient (Wildman–Crippen LogP) is 2.57. The maximum atomic E-state index is 6.47. The highest BCUT2D eigenvalue weighted by atomic mass is 35.5. The Morgan fingerprint density at radius 2 is 2.19 bits per heavy atom. The van der Waals surface area contributed by atoms with Gasteiger partial charge < -0.3 is 0 Å². The van der Waals surface area contributed by atoms with Crippen LogP contribution in [0.3, 0.4) is 0 Å². The fourth-order valence-corrected chi connectivity index (χ4v) is 2.88. The molecule has 0 saturated carbocycles. The molecule has 2 heterocycles. The minimum Gasteiger partial charge on any atom is -0.271 e. The topological polar surface area (TPSA) is 68.8 Å². The Labute approximate surface area is 130 Å². The maximum absolute atomic E-state index is 6.47. The van der Waals surface area contributed by atoms with Gasteiger partial charge in [-0.3, -0.25) is 20.9 Å². The van der Waals surface area contributed by atoms with Gasteiger partial charge in [0.25, 0.3) is 0 Å². The van der Waals surface area contributed by atoms with E-state index in [1.165, 1.54) is 0 Å². The third kappa shape index (κ3) is 3.26. The first-order valence-corrected chi connectivity index (χ1v) is 7.61. The molecule has 0 saturated heterocycles. The van der Waals surface area contributed by atoms with E-state index in [9.17, 15) is 0 Å². The summed E-state index contributed by atoms with van der Waals surface area (Å²) in [5.74, 6) is 5.75. The van der Waals surface area contributed by atoms with Gasteiger partial charge in [0.1, 0.15) is 0 Å². The number of nitrogens with two attached hydrogens (primary N) is 1. The van der Waals surface area contributed by atoms with Crippen LogP contribution >= 0.6 is 11.6 Å². The van der Waals surface area contributed by atoms with Crippen LogP contribution in [0.5, 0.6) is 0 Å². The van der Waals surface area contributed by atoms with Crippen LogP contribution in [0.4, 0.5) is 0 Å². The summed E-state index contributed by atoms with van der Waals surface area (Å²) >= 11 is 6.47. The largest absolute Gasteiger partial charge is 0.271 e. The van der Waals surface area contributed by atoms with E-state index in [2.05, 4.69) is 29.4 Å². The van der Waals surface area contributed by atoms with E-state index in [1.807, 2.05) is 23.7 Å². The number of aromatic nitrogens is 3. The third-order valence-electron chi connectivity index (χ3n) is 3.72. The lowest BCUT2D eigenvalue weighted by Gasteiger charge is -2.18. The average Bonchev–Trinajstić information content (AvgIpc) is 2.81. The molecule has 2 aromatic heterocycles. The Balaban J connectivity index is 2.35. The standard InChI is InChI=1S/C15H22ClN5/c1-4-12-15(16)14(21(5-2)20-12)9-13(19-17)11-7-6-8-18-10(11)3/h6-8,13,19H,4-5,9,17H2,1-3H3. The normalized spacial score (nSPS) is 12.6. The van der Waals surface area contributed by atoms with Gasteiger partial charge in [0.05, 0.1) is 22.5 Å². The lowest BCUT2D eigenvalue weighted by Crippen LogP contribution is -2.31. The molecule has 0 aliphatic heterocycles. The quantitative estimate of drug-likeness (QED) is 0.636. The number of nitrogens with one attached hydrogen (secondary N) is 1. The molecule has 1 atom stereocenters. The van der Waals surface area contributed by atoms with Crippen LogP contribution in [0.1, 0.15) is 42.5 Å². The molecule has 6 heteroatoms. The molecule has 114 valence electrons. The molecule has 0 aromatic carbocycles. The second-order valence-corrected chi connectivity index (χ2v) is 5.36. The fourth-order valence-electron chi connectivity index (χ4n) is 2.53. The van der Waals surface area contributed by atoms with Gasteiger partial charge in [-0.25, -0.2) is 0 Å². The second-order valence-electron chi connectivity index (χ2n) is 4.98. The molecule has 0 aliphatic carbocycles. The van der Waals surface area contributed by atoms with Crippen LogP contribution in [0.15, 0.2) is 18.3 Å². The molecule has 0 aliphatic rings. The average molecular weight is 308 g/mol. The lowest BCUT2D eigenvalue weighted by atomic mass is 10.0. The van der Waals surface area contributed by atoms with Crippen LogP contribution in [-0.4, -0.2) is 14.8 Å². The van der Waals surface area contributed by atoms with Crippen molar-refractivity contribution in [1.29, 1.82) is 0 Å². The lowest BCUT2D eigenvalue weighted by molar-refractivity contribution is 0.513. The number of pyridine rings is 1. The molecule has 21 heavy (non-hydrogen) atoms. The van der Waals surface area contributed by atoms with Crippen molar-refractivity contribution < 1.29 is 0 Å². The summed E-state index contributed by atoms with van der Waals surface area (Å²) in [7, 11) is 0. The highest BCUT2D eigenvalue weighted by Crippen LogP contribution is 2.27.